The van der Waals surface area contributed by atoms with Crippen LogP contribution < -0.4 is 11.1 Å². The molecule has 0 aromatic carbocycles. The minimum atomic E-state index is -0.202. The van der Waals surface area contributed by atoms with Gasteiger partial charge in [-0.3, -0.25) is 4.68 Å². The van der Waals surface area contributed by atoms with Crippen molar-refractivity contribution in [3.63, 3.8) is 0 Å². The van der Waals surface area contributed by atoms with Gasteiger partial charge < -0.3 is 16.2 Å². The van der Waals surface area contributed by atoms with Crippen LogP contribution in [0.3, 0.4) is 0 Å². The van der Waals surface area contributed by atoms with Crippen LogP contribution in [0.2, 0.25) is 0 Å². The molecule has 0 spiro atoms. The Morgan fingerprint density at radius 1 is 1.43 bits per heavy atom. The summed E-state index contributed by atoms with van der Waals surface area (Å²) in [5.41, 5.74) is 9.88. The molecule has 9 nitrogen and oxygen atoms in total. The summed E-state index contributed by atoms with van der Waals surface area (Å²) in [5, 5.41) is 21.8. The van der Waals surface area contributed by atoms with Crippen LogP contribution in [0.15, 0.2) is 12.3 Å². The van der Waals surface area contributed by atoms with E-state index < -0.39 is 0 Å². The molecule has 146 valence electrons. The summed E-state index contributed by atoms with van der Waals surface area (Å²) in [6.45, 7) is 12.2. The van der Waals surface area contributed by atoms with E-state index in [9.17, 15) is 5.11 Å². The van der Waals surface area contributed by atoms with Gasteiger partial charge in [0.05, 0.1) is 30.6 Å². The van der Waals surface area contributed by atoms with Crippen molar-refractivity contribution in [3.05, 3.63) is 40.6 Å². The van der Waals surface area contributed by atoms with Crippen molar-refractivity contribution in [3.8, 4) is 0 Å². The molecule has 0 saturated heterocycles. The number of nitrogen functional groups attached to an aromatic ring is 1. The standard InChI is InChI=1S/C19H24N8O/c1-4-13-10-23-26-16(20)15(21-3)17(24-18(13)26)22-8-5-14-9-12(2)27(25-14)19(11-28)6-7-19/h9-10,28H,4-8,11,20H2,1-2H3,(H,22,24). The van der Waals surface area contributed by atoms with Gasteiger partial charge in [-0.15, -0.1) is 0 Å². The Morgan fingerprint density at radius 2 is 2.21 bits per heavy atom. The lowest BCUT2D eigenvalue weighted by atomic mass is 10.2. The molecular formula is C19H24N8O. The molecular weight excluding hydrogens is 356 g/mol. The molecule has 0 aliphatic heterocycles. The molecule has 1 fully saturated rings. The van der Waals surface area contributed by atoms with Crippen LogP contribution in [0, 0.1) is 13.5 Å². The molecule has 0 unspecified atom stereocenters. The molecule has 4 N–H and O–H groups in total. The number of nitrogens with zero attached hydrogens (tertiary/aromatic N) is 6. The van der Waals surface area contributed by atoms with E-state index in [4.69, 9.17) is 12.3 Å². The number of aromatic nitrogens is 5. The number of rotatable bonds is 7. The molecule has 1 aliphatic carbocycles. The number of aliphatic hydroxyl groups is 1. The van der Waals surface area contributed by atoms with Gasteiger partial charge in [0.15, 0.2) is 5.65 Å². The quantitative estimate of drug-likeness (QED) is 0.541. The smallest absolute Gasteiger partial charge is 0.268 e. The third kappa shape index (κ3) is 2.86. The second-order valence-electron chi connectivity index (χ2n) is 7.31. The van der Waals surface area contributed by atoms with Gasteiger partial charge in [-0.05, 0) is 32.3 Å². The second kappa shape index (κ2) is 6.80. The van der Waals surface area contributed by atoms with Gasteiger partial charge in [0.25, 0.3) is 5.69 Å². The Bertz CT molecular complexity index is 1070. The first kappa shape index (κ1) is 18.3. The first-order chi connectivity index (χ1) is 13.5. The lowest BCUT2D eigenvalue weighted by Gasteiger charge is -2.14. The van der Waals surface area contributed by atoms with Crippen LogP contribution in [-0.4, -0.2) is 42.6 Å². The van der Waals surface area contributed by atoms with Crippen LogP contribution in [-0.2, 0) is 18.4 Å². The van der Waals surface area contributed by atoms with Crippen molar-refractivity contribution in [1.82, 2.24) is 24.4 Å². The Balaban J connectivity index is 1.53. The van der Waals surface area contributed by atoms with Gasteiger partial charge in [-0.25, -0.2) is 14.3 Å². The van der Waals surface area contributed by atoms with E-state index in [2.05, 4.69) is 25.3 Å². The van der Waals surface area contributed by atoms with Gasteiger partial charge in [0, 0.05) is 24.2 Å². The molecule has 0 amide bonds. The maximum atomic E-state index is 9.64. The van der Waals surface area contributed by atoms with Crippen molar-refractivity contribution in [1.29, 1.82) is 0 Å². The maximum absolute atomic E-state index is 9.64. The Labute approximate surface area is 163 Å². The van der Waals surface area contributed by atoms with Gasteiger partial charge in [-0.2, -0.15) is 10.2 Å². The number of anilines is 2. The fraction of sp³-hybridized carbons (Fsp3) is 0.474. The highest BCUT2D eigenvalue weighted by molar-refractivity contribution is 5.80. The van der Waals surface area contributed by atoms with E-state index in [0.29, 0.717) is 30.2 Å². The lowest BCUT2D eigenvalue weighted by Crippen LogP contribution is -2.24. The largest absolute Gasteiger partial charge is 0.394 e. The van der Waals surface area contributed by atoms with Gasteiger partial charge in [0.2, 0.25) is 0 Å². The van der Waals surface area contributed by atoms with E-state index in [-0.39, 0.29) is 17.8 Å². The number of nitrogens with two attached hydrogens (primary N) is 1. The van der Waals surface area contributed by atoms with Crippen molar-refractivity contribution < 1.29 is 5.11 Å². The maximum Gasteiger partial charge on any atom is 0.268 e. The molecule has 0 atom stereocenters. The zero-order valence-electron chi connectivity index (χ0n) is 16.1. The van der Waals surface area contributed by atoms with Crippen molar-refractivity contribution >= 4 is 23.0 Å². The number of aryl methyl sites for hydroxylation is 2. The van der Waals surface area contributed by atoms with Crippen LogP contribution in [0.4, 0.5) is 17.3 Å². The third-order valence-electron chi connectivity index (χ3n) is 5.40. The van der Waals surface area contributed by atoms with Gasteiger partial charge in [0.1, 0.15) is 11.6 Å². The SMILES string of the molecule is [C-]#[N+]c1c(NCCc2cc(C)n(C3(CO)CC3)n2)nc2c(CC)cnn2c1N. The summed E-state index contributed by atoms with van der Waals surface area (Å²) in [7, 11) is 0. The number of hydrogen-bond donors (Lipinski definition) is 3. The average Bonchev–Trinajstić information content (AvgIpc) is 3.23. The van der Waals surface area contributed by atoms with Crippen molar-refractivity contribution in [2.75, 3.05) is 24.2 Å². The fourth-order valence-corrected chi connectivity index (χ4v) is 3.57. The summed E-state index contributed by atoms with van der Waals surface area (Å²) in [6.07, 6.45) is 5.13. The highest BCUT2D eigenvalue weighted by Gasteiger charge is 2.45. The van der Waals surface area contributed by atoms with Crippen molar-refractivity contribution in [2.45, 2.75) is 45.1 Å². The monoisotopic (exact) mass is 380 g/mol. The minimum absolute atomic E-state index is 0.121. The average molecular weight is 380 g/mol. The van der Waals surface area contributed by atoms with Crippen LogP contribution >= 0.6 is 0 Å². The Hall–Kier alpha value is -3.12. The second-order valence-corrected chi connectivity index (χ2v) is 7.31. The van der Waals surface area contributed by atoms with Crippen molar-refractivity contribution in [2.24, 2.45) is 0 Å². The fourth-order valence-electron chi connectivity index (χ4n) is 3.57. The summed E-state index contributed by atoms with van der Waals surface area (Å²) < 4.78 is 3.47. The first-order valence-corrected chi connectivity index (χ1v) is 9.47. The molecule has 1 aliphatic rings. The Morgan fingerprint density at radius 3 is 2.86 bits per heavy atom. The zero-order valence-corrected chi connectivity index (χ0v) is 16.1. The number of fused-ring (bicyclic) bond motifs is 1. The van der Waals surface area contributed by atoms with Gasteiger partial charge in [-0.1, -0.05) is 6.92 Å². The third-order valence-corrected chi connectivity index (χ3v) is 5.40. The minimum Gasteiger partial charge on any atom is -0.394 e. The highest BCUT2D eigenvalue weighted by atomic mass is 16.3. The first-order valence-electron chi connectivity index (χ1n) is 9.47. The van der Waals surface area contributed by atoms with Gasteiger partial charge >= 0.3 is 0 Å². The summed E-state index contributed by atoms with van der Waals surface area (Å²) in [4.78, 5) is 8.13. The molecule has 0 bridgehead atoms. The van der Waals surface area contributed by atoms with Crippen LogP contribution in [0.25, 0.3) is 10.5 Å². The van der Waals surface area contributed by atoms with E-state index in [0.717, 1.165) is 36.2 Å². The predicted molar refractivity (Wildman–Crippen MR) is 106 cm³/mol. The molecule has 28 heavy (non-hydrogen) atoms. The summed E-state index contributed by atoms with van der Waals surface area (Å²) >= 11 is 0. The molecule has 0 radical (unpaired) electrons. The molecule has 4 rings (SSSR count). The molecule has 9 heteroatoms. The predicted octanol–water partition coefficient (Wildman–Crippen LogP) is 2.07. The van der Waals surface area contributed by atoms with E-state index in [1.807, 2.05) is 24.6 Å². The number of hydrogen-bond acceptors (Lipinski definition) is 6. The highest BCUT2D eigenvalue weighted by Crippen LogP contribution is 2.43. The normalized spacial score (nSPS) is 14.9. The molecule has 1 saturated carbocycles. The topological polar surface area (TPSA) is 111 Å². The summed E-state index contributed by atoms with van der Waals surface area (Å²) in [5.74, 6) is 0.765. The zero-order chi connectivity index (χ0) is 19.9. The summed E-state index contributed by atoms with van der Waals surface area (Å²) in [6, 6.07) is 2.05. The molecule has 3 aromatic rings. The number of nitrogens with one attached hydrogen (secondary N) is 1. The molecule has 3 heterocycles. The number of aliphatic hydroxyl groups excluding tert-OH is 1. The van der Waals surface area contributed by atoms with E-state index in [1.165, 1.54) is 4.52 Å². The van der Waals surface area contributed by atoms with E-state index >= 15 is 0 Å². The van der Waals surface area contributed by atoms with E-state index in [1.54, 1.807) is 6.20 Å². The lowest BCUT2D eigenvalue weighted by molar-refractivity contribution is 0.200. The molecule has 3 aromatic heterocycles. The van der Waals surface area contributed by atoms with Crippen LogP contribution in [0.1, 0.15) is 36.7 Å². The Kier molecular flexibility index (Phi) is 4.43. The van der Waals surface area contributed by atoms with Crippen LogP contribution in [0.5, 0.6) is 0 Å².